The lowest BCUT2D eigenvalue weighted by Crippen LogP contribution is -2.37. The van der Waals surface area contributed by atoms with Gasteiger partial charge in [-0.05, 0) is 32.8 Å². The Hall–Kier alpha value is -2.44. The number of fused-ring (bicyclic) bond motifs is 1. The number of carboxylic acid groups (broad SMARTS) is 1. The third-order valence-electron chi connectivity index (χ3n) is 3.53. The molecule has 0 bridgehead atoms. The first-order valence-electron chi connectivity index (χ1n) is 6.73. The van der Waals surface area contributed by atoms with E-state index in [0.29, 0.717) is 28.1 Å². The van der Waals surface area contributed by atoms with Crippen molar-refractivity contribution < 1.29 is 19.2 Å². The van der Waals surface area contributed by atoms with Gasteiger partial charge in [-0.3, -0.25) is 9.59 Å². The summed E-state index contributed by atoms with van der Waals surface area (Å²) in [5, 5.41) is 13.4. The Balaban J connectivity index is 2.07. The second-order valence-electron chi connectivity index (χ2n) is 5.32. The van der Waals surface area contributed by atoms with Crippen molar-refractivity contribution in [1.82, 2.24) is 15.0 Å². The quantitative estimate of drug-likeness (QED) is 0.916. The third kappa shape index (κ3) is 2.46. The van der Waals surface area contributed by atoms with E-state index in [1.165, 1.54) is 4.90 Å². The molecule has 1 amide bonds. The first-order valence-corrected chi connectivity index (χ1v) is 6.73. The number of aromatic nitrogens is 2. The normalized spacial score (nSPS) is 14.4. The van der Waals surface area contributed by atoms with Crippen LogP contribution in [0.15, 0.2) is 10.6 Å². The van der Waals surface area contributed by atoms with E-state index in [4.69, 9.17) is 9.63 Å². The molecular formula is C14H15N3O4. The van der Waals surface area contributed by atoms with E-state index in [1.807, 2.05) is 0 Å². The molecule has 2 heterocycles. The van der Waals surface area contributed by atoms with Gasteiger partial charge in [0.15, 0.2) is 0 Å². The predicted octanol–water partition coefficient (Wildman–Crippen LogP) is 1.53. The minimum Gasteiger partial charge on any atom is -0.480 e. The van der Waals surface area contributed by atoms with Gasteiger partial charge in [0.05, 0.1) is 16.6 Å². The highest BCUT2D eigenvalue weighted by atomic mass is 16.5. The van der Waals surface area contributed by atoms with Crippen molar-refractivity contribution in [3.63, 3.8) is 0 Å². The van der Waals surface area contributed by atoms with Crippen LogP contribution in [0.3, 0.4) is 0 Å². The molecule has 21 heavy (non-hydrogen) atoms. The van der Waals surface area contributed by atoms with Crippen LogP contribution in [0.1, 0.15) is 34.6 Å². The van der Waals surface area contributed by atoms with Gasteiger partial charge in [0.1, 0.15) is 6.54 Å². The van der Waals surface area contributed by atoms with Gasteiger partial charge in [-0.15, -0.1) is 0 Å². The molecule has 1 aliphatic rings. The number of aryl methyl sites for hydroxylation is 2. The van der Waals surface area contributed by atoms with E-state index in [1.54, 1.807) is 19.9 Å². The highest BCUT2D eigenvalue weighted by Crippen LogP contribution is 2.30. The number of amides is 1. The Kier molecular flexibility index (Phi) is 3.12. The average molecular weight is 289 g/mol. The first kappa shape index (κ1) is 13.5. The molecule has 7 nitrogen and oxygen atoms in total. The van der Waals surface area contributed by atoms with Crippen molar-refractivity contribution in [2.75, 3.05) is 6.54 Å². The number of nitrogens with zero attached hydrogens (tertiary/aromatic N) is 3. The summed E-state index contributed by atoms with van der Waals surface area (Å²) in [7, 11) is 0. The molecule has 2 aromatic rings. The van der Waals surface area contributed by atoms with E-state index in [-0.39, 0.29) is 18.5 Å². The number of pyridine rings is 1. The van der Waals surface area contributed by atoms with Crippen LogP contribution >= 0.6 is 0 Å². The monoisotopic (exact) mass is 289 g/mol. The van der Waals surface area contributed by atoms with Crippen molar-refractivity contribution >= 4 is 23.0 Å². The van der Waals surface area contributed by atoms with E-state index in [0.717, 1.165) is 12.8 Å². The predicted molar refractivity (Wildman–Crippen MR) is 73.0 cm³/mol. The zero-order chi connectivity index (χ0) is 15.1. The fraction of sp³-hybridized carbons (Fsp3) is 0.429. The Bertz CT molecular complexity index is 733. The lowest BCUT2D eigenvalue weighted by molar-refractivity contribution is -0.137. The van der Waals surface area contributed by atoms with Crippen molar-refractivity contribution in [3.8, 4) is 0 Å². The Labute approximate surface area is 120 Å². The molecule has 110 valence electrons. The molecule has 1 aliphatic carbocycles. The molecule has 1 saturated carbocycles. The largest absolute Gasteiger partial charge is 0.480 e. The van der Waals surface area contributed by atoms with Crippen LogP contribution in [-0.4, -0.2) is 44.6 Å². The maximum Gasteiger partial charge on any atom is 0.323 e. The van der Waals surface area contributed by atoms with Gasteiger partial charge in [-0.1, -0.05) is 5.16 Å². The highest BCUT2D eigenvalue weighted by Gasteiger charge is 2.35. The van der Waals surface area contributed by atoms with Gasteiger partial charge in [0.25, 0.3) is 11.6 Å². The standard InChI is InChI=1S/C14H15N3O4/c1-7-5-10(12-8(2)16-21-13(12)15-7)14(20)17(6-11(18)19)9-3-4-9/h5,9H,3-4,6H2,1-2H3,(H,18,19). The van der Waals surface area contributed by atoms with Crippen molar-refractivity contribution in [2.45, 2.75) is 32.7 Å². The summed E-state index contributed by atoms with van der Waals surface area (Å²) in [4.78, 5) is 29.3. The summed E-state index contributed by atoms with van der Waals surface area (Å²) in [6.07, 6.45) is 1.68. The summed E-state index contributed by atoms with van der Waals surface area (Å²) in [6, 6.07) is 1.67. The minimum absolute atomic E-state index is 0.0114. The molecule has 2 aromatic heterocycles. The van der Waals surface area contributed by atoms with Crippen LogP contribution in [0.2, 0.25) is 0 Å². The SMILES string of the molecule is Cc1cc(C(=O)N(CC(=O)O)C2CC2)c2c(C)noc2n1. The molecule has 1 N–H and O–H groups in total. The maximum atomic E-state index is 12.7. The van der Waals surface area contributed by atoms with E-state index in [2.05, 4.69) is 10.1 Å². The zero-order valence-corrected chi connectivity index (χ0v) is 11.8. The van der Waals surface area contributed by atoms with Crippen LogP contribution in [-0.2, 0) is 4.79 Å². The van der Waals surface area contributed by atoms with Crippen LogP contribution in [0.5, 0.6) is 0 Å². The molecule has 0 unspecified atom stereocenters. The lowest BCUT2D eigenvalue weighted by Gasteiger charge is -2.20. The molecular weight excluding hydrogens is 274 g/mol. The fourth-order valence-electron chi connectivity index (χ4n) is 2.44. The number of carboxylic acids is 1. The van der Waals surface area contributed by atoms with Crippen molar-refractivity contribution in [2.24, 2.45) is 0 Å². The second-order valence-corrected chi connectivity index (χ2v) is 5.32. The van der Waals surface area contributed by atoms with Crippen LogP contribution in [0.25, 0.3) is 11.1 Å². The van der Waals surface area contributed by atoms with Gasteiger partial charge < -0.3 is 14.5 Å². The van der Waals surface area contributed by atoms with Gasteiger partial charge in [0, 0.05) is 11.7 Å². The molecule has 0 atom stereocenters. The maximum absolute atomic E-state index is 12.7. The smallest absolute Gasteiger partial charge is 0.323 e. The zero-order valence-electron chi connectivity index (χ0n) is 11.8. The Morgan fingerprint density at radius 1 is 1.43 bits per heavy atom. The number of carbonyl (C=O) groups is 2. The van der Waals surface area contributed by atoms with Crippen molar-refractivity contribution in [1.29, 1.82) is 0 Å². The fourth-order valence-corrected chi connectivity index (χ4v) is 2.44. The van der Waals surface area contributed by atoms with Gasteiger partial charge in [0.2, 0.25) is 0 Å². The van der Waals surface area contributed by atoms with Gasteiger partial charge in [-0.2, -0.15) is 0 Å². The number of hydrogen-bond acceptors (Lipinski definition) is 5. The average Bonchev–Trinajstić information content (AvgIpc) is 3.19. The Morgan fingerprint density at radius 3 is 2.76 bits per heavy atom. The van der Waals surface area contributed by atoms with Crippen LogP contribution in [0.4, 0.5) is 0 Å². The lowest BCUT2D eigenvalue weighted by atomic mass is 10.1. The number of hydrogen-bond donors (Lipinski definition) is 1. The molecule has 0 spiro atoms. The van der Waals surface area contributed by atoms with Crippen molar-refractivity contribution in [3.05, 3.63) is 23.0 Å². The molecule has 3 rings (SSSR count). The summed E-state index contributed by atoms with van der Waals surface area (Å²) in [6.45, 7) is 3.20. The summed E-state index contributed by atoms with van der Waals surface area (Å²) >= 11 is 0. The molecule has 0 aromatic carbocycles. The summed E-state index contributed by atoms with van der Waals surface area (Å²) < 4.78 is 5.11. The van der Waals surface area contributed by atoms with E-state index < -0.39 is 5.97 Å². The number of aliphatic carboxylic acids is 1. The number of rotatable bonds is 4. The molecule has 0 aliphatic heterocycles. The summed E-state index contributed by atoms with van der Waals surface area (Å²) in [5.41, 5.74) is 1.92. The third-order valence-corrected chi connectivity index (χ3v) is 3.53. The molecule has 0 radical (unpaired) electrons. The first-order chi connectivity index (χ1) is 9.97. The van der Waals surface area contributed by atoms with Crippen LogP contribution < -0.4 is 0 Å². The molecule has 7 heteroatoms. The number of carbonyl (C=O) groups excluding carboxylic acids is 1. The topological polar surface area (TPSA) is 96.5 Å². The molecule has 1 fully saturated rings. The van der Waals surface area contributed by atoms with Gasteiger partial charge >= 0.3 is 5.97 Å². The Morgan fingerprint density at radius 2 is 2.14 bits per heavy atom. The minimum atomic E-state index is -1.01. The van der Waals surface area contributed by atoms with E-state index in [9.17, 15) is 9.59 Å². The van der Waals surface area contributed by atoms with Crippen LogP contribution in [0, 0.1) is 13.8 Å². The highest BCUT2D eigenvalue weighted by molar-refractivity contribution is 6.06. The van der Waals surface area contributed by atoms with E-state index >= 15 is 0 Å². The second kappa shape index (κ2) is 4.83. The molecule has 0 saturated heterocycles. The summed E-state index contributed by atoms with van der Waals surface area (Å²) in [5.74, 6) is -1.32. The van der Waals surface area contributed by atoms with Gasteiger partial charge in [-0.25, -0.2) is 4.98 Å².